The van der Waals surface area contributed by atoms with E-state index in [1.165, 1.54) is 0 Å². The summed E-state index contributed by atoms with van der Waals surface area (Å²) < 4.78 is 4.57. The highest BCUT2D eigenvalue weighted by molar-refractivity contribution is 5.73. The molecular formula is C14H23N5O5. The normalized spacial score (nSPS) is 10.7. The van der Waals surface area contributed by atoms with E-state index in [1.54, 1.807) is 24.3 Å². The second-order valence-corrected chi connectivity index (χ2v) is 4.73. The fourth-order valence-corrected chi connectivity index (χ4v) is 1.43. The van der Waals surface area contributed by atoms with E-state index < -0.39 is 24.1 Å². The summed E-state index contributed by atoms with van der Waals surface area (Å²) in [5.41, 5.74) is 21.7. The predicted molar refractivity (Wildman–Crippen MR) is 87.7 cm³/mol. The Balaban J connectivity index is 0.000000441. The highest BCUT2D eigenvalue weighted by atomic mass is 16.5. The Labute approximate surface area is 139 Å². The van der Waals surface area contributed by atoms with Gasteiger partial charge in [-0.25, -0.2) is 9.59 Å². The van der Waals surface area contributed by atoms with Crippen molar-refractivity contribution in [1.82, 2.24) is 5.32 Å². The summed E-state index contributed by atoms with van der Waals surface area (Å²) in [6.45, 7) is 0.548. The molecule has 10 nitrogen and oxygen atoms in total. The van der Waals surface area contributed by atoms with Gasteiger partial charge in [-0.15, -0.1) is 0 Å². The fraction of sp³-hybridized carbons (Fsp3) is 0.357. The number of amides is 3. The molecule has 0 aliphatic heterocycles. The summed E-state index contributed by atoms with van der Waals surface area (Å²) in [7, 11) is 0. The number of primary amides is 2. The van der Waals surface area contributed by atoms with Gasteiger partial charge in [-0.05, 0) is 30.5 Å². The maximum atomic E-state index is 10.2. The lowest BCUT2D eigenvalue weighted by atomic mass is 10.2. The fourth-order valence-electron chi connectivity index (χ4n) is 1.43. The van der Waals surface area contributed by atoms with Gasteiger partial charge in [0.25, 0.3) is 0 Å². The summed E-state index contributed by atoms with van der Waals surface area (Å²) >= 11 is 0. The average molecular weight is 341 g/mol. The number of carbonyl (C=O) groups excluding carboxylic acids is 2. The van der Waals surface area contributed by atoms with Crippen molar-refractivity contribution >= 4 is 23.8 Å². The van der Waals surface area contributed by atoms with Crippen molar-refractivity contribution in [1.29, 1.82) is 0 Å². The van der Waals surface area contributed by atoms with Crippen LogP contribution in [0.3, 0.4) is 0 Å². The Morgan fingerprint density at radius 1 is 1.17 bits per heavy atom. The zero-order valence-corrected chi connectivity index (χ0v) is 13.1. The molecule has 1 atom stereocenters. The largest absolute Gasteiger partial charge is 0.480 e. The van der Waals surface area contributed by atoms with Crippen molar-refractivity contribution in [2.75, 3.05) is 12.3 Å². The first kappa shape index (κ1) is 21.0. The van der Waals surface area contributed by atoms with Crippen LogP contribution >= 0.6 is 0 Å². The van der Waals surface area contributed by atoms with Crippen molar-refractivity contribution in [3.05, 3.63) is 29.8 Å². The lowest BCUT2D eigenvalue weighted by molar-refractivity contribution is -0.138. The molecule has 1 aromatic carbocycles. The lowest BCUT2D eigenvalue weighted by Crippen LogP contribution is -2.33. The van der Waals surface area contributed by atoms with Gasteiger partial charge >= 0.3 is 18.1 Å². The number of hydrogen-bond acceptors (Lipinski definition) is 6. The zero-order chi connectivity index (χ0) is 18.5. The summed E-state index contributed by atoms with van der Waals surface area (Å²) in [6.07, 6.45) is 0.0678. The van der Waals surface area contributed by atoms with Crippen LogP contribution in [0.1, 0.15) is 18.4 Å². The molecule has 0 radical (unpaired) electrons. The molecule has 0 fully saturated rings. The SMILES string of the molecule is NC(=O)NCCCC(N)C(=O)O.NC(=O)OCc1ccc(N)cc1. The van der Waals surface area contributed by atoms with Crippen LogP contribution < -0.4 is 28.3 Å². The zero-order valence-electron chi connectivity index (χ0n) is 13.1. The van der Waals surface area contributed by atoms with Crippen LogP contribution in [0.2, 0.25) is 0 Å². The van der Waals surface area contributed by atoms with Crippen LogP contribution in [-0.4, -0.2) is 35.8 Å². The average Bonchev–Trinajstić information content (AvgIpc) is 2.51. The van der Waals surface area contributed by atoms with Gasteiger partial charge in [0.05, 0.1) is 0 Å². The maximum Gasteiger partial charge on any atom is 0.404 e. The summed E-state index contributed by atoms with van der Waals surface area (Å²) in [5, 5.41) is 10.7. The monoisotopic (exact) mass is 341 g/mol. The summed E-state index contributed by atoms with van der Waals surface area (Å²) in [5.74, 6) is -1.03. The first-order valence-electron chi connectivity index (χ1n) is 7.00. The van der Waals surface area contributed by atoms with Gasteiger partial charge in [0.2, 0.25) is 0 Å². The standard InChI is InChI=1S/C8H10N2O2.C6H13N3O3/c9-7-3-1-6(2-4-7)5-12-8(10)11;7-4(5(10)11)2-1-3-9-6(8)12/h1-4H,5,9H2,(H2,10,11);4H,1-3,7H2,(H,10,11)(H3,8,9,12). The smallest absolute Gasteiger partial charge is 0.404 e. The molecule has 1 rings (SSSR count). The van der Waals surface area contributed by atoms with Crippen molar-refractivity contribution in [2.45, 2.75) is 25.5 Å². The minimum atomic E-state index is -1.03. The van der Waals surface area contributed by atoms with Crippen molar-refractivity contribution < 1.29 is 24.2 Å². The third-order valence-corrected chi connectivity index (χ3v) is 2.67. The number of rotatable bonds is 7. The number of benzene rings is 1. The van der Waals surface area contributed by atoms with E-state index in [9.17, 15) is 14.4 Å². The van der Waals surface area contributed by atoms with E-state index in [2.05, 4.69) is 10.1 Å². The van der Waals surface area contributed by atoms with E-state index in [4.69, 9.17) is 28.0 Å². The van der Waals surface area contributed by atoms with Crippen LogP contribution in [0.25, 0.3) is 0 Å². The molecule has 1 aromatic rings. The molecule has 0 saturated carbocycles. The van der Waals surface area contributed by atoms with Gasteiger partial charge in [-0.1, -0.05) is 12.1 Å². The second kappa shape index (κ2) is 11.5. The number of carboxylic acid groups (broad SMARTS) is 1. The number of anilines is 1. The molecule has 134 valence electrons. The van der Waals surface area contributed by atoms with Crippen LogP contribution in [0.5, 0.6) is 0 Å². The van der Waals surface area contributed by atoms with Gasteiger partial charge in [0.15, 0.2) is 0 Å². The molecule has 10 N–H and O–H groups in total. The minimum Gasteiger partial charge on any atom is -0.480 e. The predicted octanol–water partition coefficient (Wildman–Crippen LogP) is -0.289. The highest BCUT2D eigenvalue weighted by Gasteiger charge is 2.09. The van der Waals surface area contributed by atoms with Crippen molar-refractivity contribution in [3.63, 3.8) is 0 Å². The number of carboxylic acids is 1. The first-order valence-corrected chi connectivity index (χ1v) is 7.00. The van der Waals surface area contributed by atoms with Crippen LogP contribution in [-0.2, 0) is 16.1 Å². The summed E-state index contributed by atoms with van der Waals surface area (Å²) in [4.78, 5) is 30.5. The van der Waals surface area contributed by atoms with Crippen molar-refractivity contribution in [3.8, 4) is 0 Å². The van der Waals surface area contributed by atoms with Gasteiger partial charge in [0, 0.05) is 12.2 Å². The number of ether oxygens (including phenoxy) is 1. The third kappa shape index (κ3) is 11.6. The van der Waals surface area contributed by atoms with Crippen molar-refractivity contribution in [2.24, 2.45) is 17.2 Å². The molecular weight excluding hydrogens is 318 g/mol. The Hall–Kier alpha value is -3.01. The summed E-state index contributed by atoms with van der Waals surface area (Å²) in [6, 6.07) is 5.55. The topological polar surface area (TPSA) is 197 Å². The molecule has 0 heterocycles. The van der Waals surface area contributed by atoms with Crippen LogP contribution in [0, 0.1) is 0 Å². The van der Waals surface area contributed by atoms with E-state index in [0.717, 1.165) is 5.56 Å². The number of carbonyl (C=O) groups is 3. The Morgan fingerprint density at radius 3 is 2.21 bits per heavy atom. The molecule has 10 heteroatoms. The van der Waals surface area contributed by atoms with Gasteiger partial charge < -0.3 is 38.1 Å². The quantitative estimate of drug-likeness (QED) is 0.289. The van der Waals surface area contributed by atoms with E-state index in [0.29, 0.717) is 25.1 Å². The van der Waals surface area contributed by atoms with Crippen LogP contribution in [0.15, 0.2) is 24.3 Å². The molecule has 1 unspecified atom stereocenters. The van der Waals surface area contributed by atoms with Gasteiger partial charge in [-0.3, -0.25) is 4.79 Å². The van der Waals surface area contributed by atoms with E-state index >= 15 is 0 Å². The number of urea groups is 1. The number of aliphatic carboxylic acids is 1. The molecule has 0 aliphatic rings. The molecule has 0 bridgehead atoms. The minimum absolute atomic E-state index is 0.190. The third-order valence-electron chi connectivity index (χ3n) is 2.67. The molecule has 0 spiro atoms. The van der Waals surface area contributed by atoms with E-state index in [1.807, 2.05) is 0 Å². The Bertz CT molecular complexity index is 535. The van der Waals surface area contributed by atoms with E-state index in [-0.39, 0.29) is 6.61 Å². The lowest BCUT2D eigenvalue weighted by Gasteiger charge is -2.05. The van der Waals surface area contributed by atoms with Crippen LogP contribution in [0.4, 0.5) is 15.3 Å². The number of hydrogen-bond donors (Lipinski definition) is 6. The number of nitrogen functional groups attached to an aromatic ring is 1. The second-order valence-electron chi connectivity index (χ2n) is 4.73. The Morgan fingerprint density at radius 2 is 1.75 bits per heavy atom. The molecule has 24 heavy (non-hydrogen) atoms. The number of nitrogens with two attached hydrogens (primary N) is 4. The molecule has 0 saturated heterocycles. The number of nitrogens with one attached hydrogen (secondary N) is 1. The molecule has 3 amide bonds. The van der Waals surface area contributed by atoms with Gasteiger partial charge in [0.1, 0.15) is 12.6 Å². The first-order chi connectivity index (χ1) is 11.2. The Kier molecular flexibility index (Phi) is 10.1. The van der Waals surface area contributed by atoms with Gasteiger partial charge in [-0.2, -0.15) is 0 Å². The molecule has 0 aliphatic carbocycles. The molecule has 0 aromatic heterocycles. The maximum absolute atomic E-state index is 10.2. The highest BCUT2D eigenvalue weighted by Crippen LogP contribution is 2.06.